The minimum absolute atomic E-state index is 0.108. The second kappa shape index (κ2) is 5.57. The van der Waals surface area contributed by atoms with Crippen molar-refractivity contribution in [3.8, 4) is 0 Å². The van der Waals surface area contributed by atoms with Gasteiger partial charge in [-0.2, -0.15) is 0 Å². The lowest BCUT2D eigenvalue weighted by Crippen LogP contribution is -2.29. The molecule has 1 aromatic heterocycles. The molecular weight excluding hydrogens is 230 g/mol. The number of furan rings is 1. The maximum absolute atomic E-state index is 11.3. The van der Waals surface area contributed by atoms with Crippen LogP contribution in [0.3, 0.4) is 0 Å². The Bertz CT molecular complexity index is 409. The van der Waals surface area contributed by atoms with E-state index in [2.05, 4.69) is 17.0 Å². The van der Waals surface area contributed by atoms with Crippen molar-refractivity contribution in [2.24, 2.45) is 5.92 Å². The van der Waals surface area contributed by atoms with Gasteiger partial charge in [0.25, 0.3) is 0 Å². The smallest absolute Gasteiger partial charge is 0.373 e. The van der Waals surface area contributed by atoms with E-state index in [0.717, 1.165) is 11.7 Å². The standard InChI is InChI=1S/C14H21NO3/c1-9(8-11-4-5-11)15-10(2)12-6-7-13(18-12)14(16)17-3/h6-7,9-11,15H,4-5,8H2,1-3H3. The highest BCUT2D eigenvalue weighted by atomic mass is 16.5. The average molecular weight is 251 g/mol. The van der Waals surface area contributed by atoms with Crippen LogP contribution in [0.4, 0.5) is 0 Å². The van der Waals surface area contributed by atoms with E-state index in [9.17, 15) is 4.79 Å². The lowest BCUT2D eigenvalue weighted by molar-refractivity contribution is 0.0562. The summed E-state index contributed by atoms with van der Waals surface area (Å²) in [5.41, 5.74) is 0. The van der Waals surface area contributed by atoms with E-state index in [1.807, 2.05) is 13.0 Å². The van der Waals surface area contributed by atoms with Gasteiger partial charge in [0.15, 0.2) is 0 Å². The Labute approximate surface area is 108 Å². The molecule has 1 aliphatic carbocycles. The SMILES string of the molecule is COC(=O)c1ccc(C(C)NC(C)CC2CC2)o1. The van der Waals surface area contributed by atoms with Gasteiger partial charge in [0.2, 0.25) is 5.76 Å². The number of hydrogen-bond acceptors (Lipinski definition) is 4. The van der Waals surface area contributed by atoms with Gasteiger partial charge >= 0.3 is 5.97 Å². The fourth-order valence-electron chi connectivity index (χ4n) is 2.23. The minimum Gasteiger partial charge on any atom is -0.463 e. The van der Waals surface area contributed by atoms with Crippen LogP contribution < -0.4 is 5.32 Å². The number of carbonyl (C=O) groups excluding carboxylic acids is 1. The van der Waals surface area contributed by atoms with E-state index in [4.69, 9.17) is 4.42 Å². The van der Waals surface area contributed by atoms with Gasteiger partial charge in [0.1, 0.15) is 5.76 Å². The summed E-state index contributed by atoms with van der Waals surface area (Å²) in [5.74, 6) is 1.51. The highest BCUT2D eigenvalue weighted by Crippen LogP contribution is 2.33. The number of hydrogen-bond donors (Lipinski definition) is 1. The first kappa shape index (κ1) is 13.1. The quantitative estimate of drug-likeness (QED) is 0.790. The summed E-state index contributed by atoms with van der Waals surface area (Å²) in [4.78, 5) is 11.3. The molecule has 0 aliphatic heterocycles. The number of methoxy groups -OCH3 is 1. The topological polar surface area (TPSA) is 51.5 Å². The Kier molecular flexibility index (Phi) is 4.07. The van der Waals surface area contributed by atoms with E-state index in [-0.39, 0.29) is 11.8 Å². The molecule has 0 aromatic carbocycles. The first-order valence-electron chi connectivity index (χ1n) is 6.54. The van der Waals surface area contributed by atoms with Crippen LogP contribution >= 0.6 is 0 Å². The predicted molar refractivity (Wildman–Crippen MR) is 68.4 cm³/mol. The molecule has 1 aromatic rings. The highest BCUT2D eigenvalue weighted by molar-refractivity contribution is 5.86. The van der Waals surface area contributed by atoms with Gasteiger partial charge in [-0.15, -0.1) is 0 Å². The van der Waals surface area contributed by atoms with Crippen molar-refractivity contribution in [1.82, 2.24) is 5.32 Å². The molecule has 2 rings (SSSR count). The fourth-order valence-corrected chi connectivity index (χ4v) is 2.23. The molecule has 100 valence electrons. The normalized spacial score (nSPS) is 18.4. The molecule has 4 nitrogen and oxygen atoms in total. The minimum atomic E-state index is -0.431. The summed E-state index contributed by atoms with van der Waals surface area (Å²) in [6, 6.07) is 4.06. The summed E-state index contributed by atoms with van der Waals surface area (Å²) < 4.78 is 10.1. The number of rotatable bonds is 6. The van der Waals surface area contributed by atoms with Crippen LogP contribution in [-0.2, 0) is 4.74 Å². The molecule has 2 atom stereocenters. The Morgan fingerprint density at radius 3 is 2.83 bits per heavy atom. The van der Waals surface area contributed by atoms with Crippen LogP contribution in [0.1, 0.15) is 55.5 Å². The third-order valence-electron chi connectivity index (χ3n) is 3.36. The molecule has 4 heteroatoms. The fraction of sp³-hybridized carbons (Fsp3) is 0.643. The molecule has 1 N–H and O–H groups in total. The number of ether oxygens (including phenoxy) is 1. The molecule has 1 saturated carbocycles. The van der Waals surface area contributed by atoms with E-state index >= 15 is 0 Å². The van der Waals surface area contributed by atoms with Crippen molar-refractivity contribution in [3.63, 3.8) is 0 Å². The van der Waals surface area contributed by atoms with E-state index in [1.54, 1.807) is 6.07 Å². The molecule has 0 saturated heterocycles. The van der Waals surface area contributed by atoms with Gasteiger partial charge < -0.3 is 14.5 Å². The second-order valence-electron chi connectivity index (χ2n) is 5.16. The van der Waals surface area contributed by atoms with Crippen molar-refractivity contribution in [1.29, 1.82) is 0 Å². The third-order valence-corrected chi connectivity index (χ3v) is 3.36. The molecule has 1 fully saturated rings. The molecule has 0 spiro atoms. The van der Waals surface area contributed by atoms with Gasteiger partial charge in [-0.1, -0.05) is 12.8 Å². The van der Waals surface area contributed by atoms with Crippen LogP contribution in [0.2, 0.25) is 0 Å². The third kappa shape index (κ3) is 3.35. The zero-order valence-corrected chi connectivity index (χ0v) is 11.2. The maximum atomic E-state index is 11.3. The Hall–Kier alpha value is -1.29. The lowest BCUT2D eigenvalue weighted by atomic mass is 10.1. The number of nitrogens with one attached hydrogen (secondary N) is 1. The van der Waals surface area contributed by atoms with Crippen molar-refractivity contribution in [2.45, 2.75) is 45.2 Å². The first-order valence-corrected chi connectivity index (χ1v) is 6.54. The predicted octanol–water partition coefficient (Wildman–Crippen LogP) is 2.91. The molecule has 2 unspecified atom stereocenters. The molecule has 0 amide bonds. The molecule has 0 radical (unpaired) electrons. The van der Waals surface area contributed by atoms with Gasteiger partial charge in [-0.25, -0.2) is 4.79 Å². The summed E-state index contributed by atoms with van der Waals surface area (Å²) >= 11 is 0. The zero-order valence-electron chi connectivity index (χ0n) is 11.2. The average Bonchev–Trinajstić information content (AvgIpc) is 3.00. The molecule has 1 heterocycles. The first-order chi connectivity index (χ1) is 8.60. The van der Waals surface area contributed by atoms with Crippen molar-refractivity contribution in [2.75, 3.05) is 7.11 Å². The molecule has 0 bridgehead atoms. The van der Waals surface area contributed by atoms with E-state index in [1.165, 1.54) is 26.4 Å². The van der Waals surface area contributed by atoms with Gasteiger partial charge in [-0.3, -0.25) is 0 Å². The number of carbonyl (C=O) groups is 1. The monoisotopic (exact) mass is 251 g/mol. The summed E-state index contributed by atoms with van der Waals surface area (Å²) in [6.07, 6.45) is 3.95. The van der Waals surface area contributed by atoms with Crippen LogP contribution in [0, 0.1) is 5.92 Å². The van der Waals surface area contributed by atoms with E-state index in [0.29, 0.717) is 6.04 Å². The zero-order chi connectivity index (χ0) is 13.1. The second-order valence-corrected chi connectivity index (χ2v) is 5.16. The Balaban J connectivity index is 1.89. The number of esters is 1. The van der Waals surface area contributed by atoms with Gasteiger partial charge in [0.05, 0.1) is 13.2 Å². The summed E-state index contributed by atoms with van der Waals surface area (Å²) in [6.45, 7) is 4.24. The largest absolute Gasteiger partial charge is 0.463 e. The van der Waals surface area contributed by atoms with Gasteiger partial charge in [-0.05, 0) is 38.3 Å². The summed E-state index contributed by atoms with van der Waals surface area (Å²) in [7, 11) is 1.35. The highest BCUT2D eigenvalue weighted by Gasteiger charge is 2.24. The van der Waals surface area contributed by atoms with Crippen LogP contribution in [0.5, 0.6) is 0 Å². The Morgan fingerprint density at radius 1 is 1.50 bits per heavy atom. The van der Waals surface area contributed by atoms with Gasteiger partial charge in [0, 0.05) is 6.04 Å². The van der Waals surface area contributed by atoms with E-state index < -0.39 is 5.97 Å². The van der Waals surface area contributed by atoms with Crippen molar-refractivity contribution < 1.29 is 13.9 Å². The molecular formula is C14H21NO3. The molecule has 1 aliphatic rings. The summed E-state index contributed by atoms with van der Waals surface area (Å²) in [5, 5.41) is 3.49. The molecule has 18 heavy (non-hydrogen) atoms. The van der Waals surface area contributed by atoms with Crippen LogP contribution in [-0.4, -0.2) is 19.1 Å². The van der Waals surface area contributed by atoms with Crippen LogP contribution in [0.15, 0.2) is 16.5 Å². The maximum Gasteiger partial charge on any atom is 0.373 e. The van der Waals surface area contributed by atoms with Crippen molar-refractivity contribution >= 4 is 5.97 Å². The van der Waals surface area contributed by atoms with Crippen molar-refractivity contribution in [3.05, 3.63) is 23.7 Å². The van der Waals surface area contributed by atoms with Crippen LogP contribution in [0.25, 0.3) is 0 Å². The Morgan fingerprint density at radius 2 is 2.22 bits per heavy atom. The lowest BCUT2D eigenvalue weighted by Gasteiger charge is -2.18.